The van der Waals surface area contributed by atoms with Crippen LogP contribution in [0.15, 0.2) is 18.2 Å². The van der Waals surface area contributed by atoms with Crippen molar-refractivity contribution in [3.05, 3.63) is 29.3 Å². The Labute approximate surface area is 110 Å². The van der Waals surface area contributed by atoms with Gasteiger partial charge >= 0.3 is 0 Å². The first-order valence-electron chi connectivity index (χ1n) is 7.26. The van der Waals surface area contributed by atoms with Crippen molar-refractivity contribution < 1.29 is 5.11 Å². The first-order chi connectivity index (χ1) is 8.45. The second kappa shape index (κ2) is 3.76. The van der Waals surface area contributed by atoms with Crippen LogP contribution in [0.4, 0.5) is 0 Å². The van der Waals surface area contributed by atoms with E-state index in [1.807, 2.05) is 12.1 Å². The van der Waals surface area contributed by atoms with Crippen molar-refractivity contribution in [1.82, 2.24) is 0 Å². The van der Waals surface area contributed by atoms with E-state index in [-0.39, 0.29) is 5.41 Å². The number of hydrogen-bond donors (Lipinski definition) is 1. The number of phenolic OH excluding ortho intramolecular Hbond substituents is 1. The van der Waals surface area contributed by atoms with Gasteiger partial charge in [0.2, 0.25) is 0 Å². The molecule has 1 aromatic carbocycles. The number of benzene rings is 1. The van der Waals surface area contributed by atoms with Crippen LogP contribution in [-0.4, -0.2) is 5.11 Å². The van der Waals surface area contributed by atoms with Gasteiger partial charge in [0.15, 0.2) is 0 Å². The van der Waals surface area contributed by atoms with Crippen LogP contribution in [0.2, 0.25) is 0 Å². The second-order valence-corrected chi connectivity index (χ2v) is 7.15. The Balaban J connectivity index is 2.14. The van der Waals surface area contributed by atoms with Gasteiger partial charge < -0.3 is 5.11 Å². The van der Waals surface area contributed by atoms with Crippen molar-refractivity contribution in [3.8, 4) is 5.75 Å². The molecule has 1 heteroatoms. The standard InChI is InChI=1S/C17H24O/c1-16(2)10-5-11-17(3)13-6-4-7-14(18)12(13)8-9-15(16)17/h4,6-7,15,18H,5,8-11H2,1-3H3. The third-order valence-electron chi connectivity index (χ3n) is 5.68. The summed E-state index contributed by atoms with van der Waals surface area (Å²) in [7, 11) is 0. The molecule has 0 aromatic heterocycles. The van der Waals surface area contributed by atoms with Gasteiger partial charge in [-0.25, -0.2) is 0 Å². The molecule has 0 amide bonds. The van der Waals surface area contributed by atoms with Gasteiger partial charge in [0.25, 0.3) is 0 Å². The molecule has 0 spiro atoms. The van der Waals surface area contributed by atoms with Crippen molar-refractivity contribution in [1.29, 1.82) is 0 Å². The number of aromatic hydroxyl groups is 1. The summed E-state index contributed by atoms with van der Waals surface area (Å²) in [5, 5.41) is 10.1. The van der Waals surface area contributed by atoms with E-state index in [0.717, 1.165) is 12.3 Å². The molecule has 0 bridgehead atoms. The number of fused-ring (bicyclic) bond motifs is 3. The molecule has 1 N–H and O–H groups in total. The number of rotatable bonds is 0. The van der Waals surface area contributed by atoms with Crippen molar-refractivity contribution in [2.45, 2.75) is 58.3 Å². The molecule has 18 heavy (non-hydrogen) atoms. The van der Waals surface area contributed by atoms with Gasteiger partial charge in [-0.05, 0) is 59.6 Å². The molecule has 2 atom stereocenters. The van der Waals surface area contributed by atoms with E-state index in [9.17, 15) is 5.11 Å². The zero-order valence-corrected chi connectivity index (χ0v) is 11.8. The predicted molar refractivity (Wildman–Crippen MR) is 74.9 cm³/mol. The summed E-state index contributed by atoms with van der Waals surface area (Å²) in [4.78, 5) is 0. The lowest BCUT2D eigenvalue weighted by atomic mass is 9.50. The molecule has 3 rings (SSSR count). The van der Waals surface area contributed by atoms with E-state index in [1.165, 1.54) is 36.8 Å². The summed E-state index contributed by atoms with van der Waals surface area (Å²) < 4.78 is 0. The second-order valence-electron chi connectivity index (χ2n) is 7.15. The number of phenols is 1. The normalized spacial score (nSPS) is 33.6. The van der Waals surface area contributed by atoms with Gasteiger partial charge in [0, 0.05) is 0 Å². The van der Waals surface area contributed by atoms with Crippen molar-refractivity contribution in [2.75, 3.05) is 0 Å². The lowest BCUT2D eigenvalue weighted by molar-refractivity contribution is 0.0402. The van der Waals surface area contributed by atoms with Gasteiger partial charge in [0.05, 0.1) is 0 Å². The monoisotopic (exact) mass is 244 g/mol. The first-order valence-corrected chi connectivity index (χ1v) is 7.26. The van der Waals surface area contributed by atoms with Crippen LogP contribution in [-0.2, 0) is 11.8 Å². The lowest BCUT2D eigenvalue weighted by Crippen LogP contribution is -2.47. The first kappa shape index (κ1) is 12.1. The van der Waals surface area contributed by atoms with Gasteiger partial charge in [-0.2, -0.15) is 0 Å². The largest absolute Gasteiger partial charge is 0.508 e. The molecule has 0 radical (unpaired) electrons. The van der Waals surface area contributed by atoms with Crippen LogP contribution >= 0.6 is 0 Å². The molecule has 0 saturated heterocycles. The summed E-state index contributed by atoms with van der Waals surface area (Å²) in [6.07, 6.45) is 6.22. The Bertz CT molecular complexity index is 474. The highest BCUT2D eigenvalue weighted by Gasteiger charge is 2.49. The minimum absolute atomic E-state index is 0.272. The van der Waals surface area contributed by atoms with Crippen molar-refractivity contribution in [3.63, 3.8) is 0 Å². The Kier molecular flexibility index (Phi) is 2.52. The molecule has 2 aliphatic rings. The van der Waals surface area contributed by atoms with E-state index < -0.39 is 0 Å². The summed E-state index contributed by atoms with van der Waals surface area (Å²) in [6.45, 7) is 7.29. The van der Waals surface area contributed by atoms with Gasteiger partial charge in [-0.15, -0.1) is 0 Å². The fourth-order valence-corrected chi connectivity index (χ4v) is 4.81. The minimum atomic E-state index is 0.272. The highest BCUT2D eigenvalue weighted by Crippen LogP contribution is 2.57. The van der Waals surface area contributed by atoms with E-state index in [0.29, 0.717) is 11.2 Å². The smallest absolute Gasteiger partial charge is 0.119 e. The van der Waals surface area contributed by atoms with Crippen LogP contribution in [0.3, 0.4) is 0 Å². The van der Waals surface area contributed by atoms with Crippen LogP contribution in [0.25, 0.3) is 0 Å². The molecule has 1 aromatic rings. The maximum atomic E-state index is 10.1. The Morgan fingerprint density at radius 3 is 2.72 bits per heavy atom. The lowest BCUT2D eigenvalue weighted by Gasteiger charge is -2.54. The predicted octanol–water partition coefficient (Wildman–Crippen LogP) is 4.42. The molecule has 1 saturated carbocycles. The zero-order chi connectivity index (χ0) is 13.0. The fourth-order valence-electron chi connectivity index (χ4n) is 4.81. The molecule has 1 fully saturated rings. The third-order valence-corrected chi connectivity index (χ3v) is 5.68. The molecule has 1 nitrogen and oxygen atoms in total. The van der Waals surface area contributed by atoms with Crippen molar-refractivity contribution >= 4 is 0 Å². The van der Waals surface area contributed by atoms with Gasteiger partial charge in [-0.3, -0.25) is 0 Å². The topological polar surface area (TPSA) is 20.2 Å². The summed E-state index contributed by atoms with van der Waals surface area (Å²) in [5.41, 5.74) is 3.35. The summed E-state index contributed by atoms with van der Waals surface area (Å²) in [5.74, 6) is 1.27. The maximum Gasteiger partial charge on any atom is 0.119 e. The molecule has 2 unspecified atom stereocenters. The van der Waals surface area contributed by atoms with Crippen LogP contribution < -0.4 is 0 Å². The van der Waals surface area contributed by atoms with Gasteiger partial charge in [-0.1, -0.05) is 39.3 Å². The SMILES string of the molecule is CC1(C)CCCC2(C)c3cccc(O)c3CCC12. The fraction of sp³-hybridized carbons (Fsp3) is 0.647. The number of hydrogen-bond acceptors (Lipinski definition) is 1. The minimum Gasteiger partial charge on any atom is -0.508 e. The molecule has 2 aliphatic carbocycles. The van der Waals surface area contributed by atoms with Crippen molar-refractivity contribution in [2.24, 2.45) is 11.3 Å². The summed E-state index contributed by atoms with van der Waals surface area (Å²) >= 11 is 0. The highest BCUT2D eigenvalue weighted by atomic mass is 16.3. The van der Waals surface area contributed by atoms with Crippen LogP contribution in [0.5, 0.6) is 5.75 Å². The molecule has 0 heterocycles. The zero-order valence-electron chi connectivity index (χ0n) is 11.8. The molecular formula is C17H24O. The Hall–Kier alpha value is -0.980. The van der Waals surface area contributed by atoms with Gasteiger partial charge in [0.1, 0.15) is 5.75 Å². The third kappa shape index (κ3) is 1.52. The van der Waals surface area contributed by atoms with E-state index >= 15 is 0 Å². The quantitative estimate of drug-likeness (QED) is 0.716. The van der Waals surface area contributed by atoms with E-state index in [4.69, 9.17) is 0 Å². The highest BCUT2D eigenvalue weighted by molar-refractivity contribution is 5.46. The van der Waals surface area contributed by atoms with E-state index in [2.05, 4.69) is 26.8 Å². The Morgan fingerprint density at radius 1 is 1.17 bits per heavy atom. The molecule has 0 aliphatic heterocycles. The average Bonchev–Trinajstić information content (AvgIpc) is 2.29. The van der Waals surface area contributed by atoms with Crippen LogP contribution in [0.1, 0.15) is 57.6 Å². The van der Waals surface area contributed by atoms with Crippen LogP contribution in [0, 0.1) is 11.3 Å². The molecular weight excluding hydrogens is 220 g/mol. The molecule has 98 valence electrons. The average molecular weight is 244 g/mol. The maximum absolute atomic E-state index is 10.1. The Morgan fingerprint density at radius 2 is 1.94 bits per heavy atom. The summed E-state index contributed by atoms with van der Waals surface area (Å²) in [6, 6.07) is 6.11. The van der Waals surface area contributed by atoms with E-state index in [1.54, 1.807) is 0 Å².